The summed E-state index contributed by atoms with van der Waals surface area (Å²) in [4.78, 5) is 20.6. The summed E-state index contributed by atoms with van der Waals surface area (Å²) in [5.41, 5.74) is 12.0. The van der Waals surface area contributed by atoms with Gasteiger partial charge in [0.05, 0.1) is 11.9 Å². The number of rotatable bonds is 6. The zero-order valence-electron chi connectivity index (χ0n) is 15.9. The van der Waals surface area contributed by atoms with Crippen LogP contribution in [-0.2, 0) is 22.4 Å². The quantitative estimate of drug-likeness (QED) is 0.342. The Hall–Kier alpha value is -1.10. The second-order valence-corrected chi connectivity index (χ2v) is 5.59. The Balaban J connectivity index is 0. The van der Waals surface area contributed by atoms with E-state index in [0.717, 1.165) is 11.1 Å². The molecule has 0 heterocycles. The van der Waals surface area contributed by atoms with Crippen LogP contribution >= 0.6 is 0 Å². The largest absolute Gasteiger partial charge is 1.00 e. The van der Waals surface area contributed by atoms with Gasteiger partial charge >= 0.3 is 59.1 Å². The summed E-state index contributed by atoms with van der Waals surface area (Å²) in [5, 5.41) is 38.5. The van der Waals surface area contributed by atoms with E-state index in [0.29, 0.717) is 0 Å². The summed E-state index contributed by atoms with van der Waals surface area (Å²) in [6, 6.07) is 10.4. The van der Waals surface area contributed by atoms with E-state index in [9.17, 15) is 19.8 Å². The molecule has 8 nitrogen and oxygen atoms in total. The van der Waals surface area contributed by atoms with Crippen LogP contribution in [0.1, 0.15) is 11.1 Å². The van der Waals surface area contributed by atoms with Crippen molar-refractivity contribution in [3.63, 3.8) is 0 Å². The minimum absolute atomic E-state index is 0. The molecule has 0 bridgehead atoms. The monoisotopic (exact) mass is 406 g/mol. The van der Waals surface area contributed by atoms with E-state index in [1.807, 2.05) is 0 Å². The Morgan fingerprint density at radius 1 is 0.714 bits per heavy atom. The van der Waals surface area contributed by atoms with Gasteiger partial charge in [0, 0.05) is 12.1 Å². The molecule has 0 saturated carbocycles. The average Bonchev–Trinajstić information content (AvgIpc) is 2.59. The molecule has 0 saturated heterocycles. The van der Waals surface area contributed by atoms with Gasteiger partial charge in [-0.3, -0.25) is 0 Å². The Morgan fingerprint density at radius 2 is 0.964 bits per heavy atom. The van der Waals surface area contributed by atoms with E-state index in [2.05, 4.69) is 0 Å². The number of benzene rings is 2. The molecule has 6 N–H and O–H groups in total. The SMILES string of the molecule is N[C@@H](Cc1ccc(O)cc1)C(=O)[O-].N[C@@H](Cc1ccc(O)cc1)C(=O)[O-].[Na+].[Na+]. The first kappa shape index (κ1) is 29.1. The summed E-state index contributed by atoms with van der Waals surface area (Å²) < 4.78 is 0. The minimum Gasteiger partial charge on any atom is -0.548 e. The predicted octanol–water partition coefficient (Wildman–Crippen LogP) is -7.97. The van der Waals surface area contributed by atoms with Gasteiger partial charge in [0.15, 0.2) is 0 Å². The number of hydrogen-bond acceptors (Lipinski definition) is 8. The summed E-state index contributed by atoms with van der Waals surface area (Å²) in [6.45, 7) is 0. The molecule has 2 rings (SSSR count). The molecule has 0 aliphatic rings. The molecular weight excluding hydrogens is 386 g/mol. The van der Waals surface area contributed by atoms with Crippen LogP contribution in [0.4, 0.5) is 0 Å². The van der Waals surface area contributed by atoms with Gasteiger partial charge in [-0.05, 0) is 48.2 Å². The Kier molecular flexibility index (Phi) is 15.4. The van der Waals surface area contributed by atoms with Crippen molar-refractivity contribution >= 4 is 11.9 Å². The molecule has 10 heteroatoms. The summed E-state index contributed by atoms with van der Waals surface area (Å²) in [7, 11) is 0. The standard InChI is InChI=1S/2C9H11NO3.2Na/c2*10-8(9(12)13)5-6-1-3-7(11)4-2-6;;/h2*1-4,8,11H,5,10H2,(H,12,13);;/q;;2*+1/p-2/t2*8-;;/m00../s1. The predicted molar refractivity (Wildman–Crippen MR) is 89.6 cm³/mol. The van der Waals surface area contributed by atoms with E-state index >= 15 is 0 Å². The van der Waals surface area contributed by atoms with E-state index in [1.54, 1.807) is 24.3 Å². The first-order chi connectivity index (χ1) is 12.2. The second-order valence-electron chi connectivity index (χ2n) is 5.59. The Morgan fingerprint density at radius 3 is 1.18 bits per heavy atom. The maximum absolute atomic E-state index is 10.3. The zero-order valence-corrected chi connectivity index (χ0v) is 19.9. The van der Waals surface area contributed by atoms with Gasteiger partial charge in [-0.15, -0.1) is 0 Å². The maximum atomic E-state index is 10.3. The Labute approximate surface area is 207 Å². The number of phenolic OH excluding ortho intramolecular Hbond substituents is 2. The molecule has 2 aromatic rings. The fourth-order valence-electron chi connectivity index (χ4n) is 1.94. The van der Waals surface area contributed by atoms with Gasteiger partial charge < -0.3 is 41.5 Å². The third-order valence-electron chi connectivity index (χ3n) is 3.39. The molecule has 0 unspecified atom stereocenters. The summed E-state index contributed by atoms with van der Waals surface area (Å²) in [6.07, 6.45) is 0.422. The number of aromatic hydroxyl groups is 2. The van der Waals surface area contributed by atoms with Crippen LogP contribution in [0.2, 0.25) is 0 Å². The number of aliphatic carboxylic acids is 2. The van der Waals surface area contributed by atoms with E-state index < -0.39 is 24.0 Å². The number of phenols is 2. The van der Waals surface area contributed by atoms with Crippen LogP contribution in [0.3, 0.4) is 0 Å². The minimum atomic E-state index is -1.27. The summed E-state index contributed by atoms with van der Waals surface area (Å²) in [5.74, 6) is -2.25. The maximum Gasteiger partial charge on any atom is 1.00 e. The molecule has 2 atom stereocenters. The molecule has 0 aliphatic carbocycles. The molecule has 0 radical (unpaired) electrons. The number of carboxylic acid groups (broad SMARTS) is 2. The third-order valence-corrected chi connectivity index (χ3v) is 3.39. The van der Waals surface area contributed by atoms with Crippen molar-refractivity contribution in [2.75, 3.05) is 0 Å². The van der Waals surface area contributed by atoms with Crippen molar-refractivity contribution < 1.29 is 89.1 Å². The number of hydrogen-bond donors (Lipinski definition) is 4. The fourth-order valence-corrected chi connectivity index (χ4v) is 1.94. The van der Waals surface area contributed by atoms with E-state index in [4.69, 9.17) is 21.7 Å². The number of carbonyl (C=O) groups excluding carboxylic acids is 2. The fraction of sp³-hybridized carbons (Fsp3) is 0.222. The van der Waals surface area contributed by atoms with Crippen molar-refractivity contribution in [1.29, 1.82) is 0 Å². The second kappa shape index (κ2) is 14.8. The van der Waals surface area contributed by atoms with Crippen LogP contribution in [0.25, 0.3) is 0 Å². The van der Waals surface area contributed by atoms with Gasteiger partial charge in [0.25, 0.3) is 0 Å². The van der Waals surface area contributed by atoms with Gasteiger partial charge in [-0.1, -0.05) is 24.3 Å². The van der Waals surface area contributed by atoms with Gasteiger partial charge in [-0.25, -0.2) is 0 Å². The number of nitrogens with two attached hydrogens (primary N) is 2. The van der Waals surface area contributed by atoms with E-state index in [-0.39, 0.29) is 83.5 Å². The molecule has 0 aromatic heterocycles. The molecule has 0 amide bonds. The van der Waals surface area contributed by atoms with Crippen LogP contribution in [0.15, 0.2) is 48.5 Å². The van der Waals surface area contributed by atoms with Crippen molar-refractivity contribution in [3.8, 4) is 11.5 Å². The topological polar surface area (TPSA) is 173 Å². The van der Waals surface area contributed by atoms with Crippen LogP contribution in [-0.4, -0.2) is 34.2 Å². The molecule has 0 fully saturated rings. The summed E-state index contributed by atoms with van der Waals surface area (Å²) >= 11 is 0. The average molecular weight is 406 g/mol. The molecule has 140 valence electrons. The third kappa shape index (κ3) is 11.7. The first-order valence-electron chi connectivity index (χ1n) is 7.67. The molecule has 0 aliphatic heterocycles. The van der Waals surface area contributed by atoms with Crippen LogP contribution < -0.4 is 80.8 Å². The van der Waals surface area contributed by atoms with E-state index in [1.165, 1.54) is 24.3 Å². The van der Waals surface area contributed by atoms with Crippen molar-refractivity contribution in [2.45, 2.75) is 24.9 Å². The van der Waals surface area contributed by atoms with Crippen LogP contribution in [0, 0.1) is 0 Å². The van der Waals surface area contributed by atoms with Crippen molar-refractivity contribution in [3.05, 3.63) is 59.7 Å². The van der Waals surface area contributed by atoms with Crippen molar-refractivity contribution in [2.24, 2.45) is 11.5 Å². The smallest absolute Gasteiger partial charge is 0.548 e. The van der Waals surface area contributed by atoms with Crippen LogP contribution in [0.5, 0.6) is 11.5 Å². The number of carbonyl (C=O) groups is 2. The van der Waals surface area contributed by atoms with Gasteiger partial charge in [-0.2, -0.15) is 0 Å². The first-order valence-corrected chi connectivity index (χ1v) is 7.67. The van der Waals surface area contributed by atoms with Crippen molar-refractivity contribution in [1.82, 2.24) is 0 Å². The molecule has 0 spiro atoms. The van der Waals surface area contributed by atoms with Gasteiger partial charge in [0.2, 0.25) is 0 Å². The zero-order chi connectivity index (χ0) is 19.7. The Bertz CT molecular complexity index is 662. The van der Waals surface area contributed by atoms with Gasteiger partial charge in [0.1, 0.15) is 11.5 Å². The molecule has 28 heavy (non-hydrogen) atoms. The number of carboxylic acids is 2. The molecule has 2 aromatic carbocycles. The molecular formula is C18H20N2Na2O6. The normalized spacial score (nSPS) is 11.5.